The Morgan fingerprint density at radius 1 is 1.48 bits per heavy atom. The van der Waals surface area contributed by atoms with E-state index in [1.54, 1.807) is 17.4 Å². The largest absolute Gasteiger partial charge is 0.482 e. The van der Waals surface area contributed by atoms with Crippen LogP contribution in [0.2, 0.25) is 0 Å². The summed E-state index contributed by atoms with van der Waals surface area (Å²) in [5, 5.41) is 5.12. The van der Waals surface area contributed by atoms with Crippen LogP contribution in [-0.4, -0.2) is 43.7 Å². The van der Waals surface area contributed by atoms with Gasteiger partial charge in [0.1, 0.15) is 16.5 Å². The van der Waals surface area contributed by atoms with E-state index in [1.807, 2.05) is 25.1 Å². The quantitative estimate of drug-likeness (QED) is 0.793. The van der Waals surface area contributed by atoms with Gasteiger partial charge in [-0.2, -0.15) is 0 Å². The molecule has 0 fully saturated rings. The van der Waals surface area contributed by atoms with Gasteiger partial charge in [-0.15, -0.1) is 11.3 Å². The van der Waals surface area contributed by atoms with Gasteiger partial charge in [0.25, 0.3) is 11.8 Å². The highest BCUT2D eigenvalue weighted by Gasteiger charge is 2.26. The van der Waals surface area contributed by atoms with Gasteiger partial charge in [0.2, 0.25) is 0 Å². The van der Waals surface area contributed by atoms with Gasteiger partial charge >= 0.3 is 0 Å². The fraction of sp³-hybridized carbons (Fsp3) is 0.353. The Bertz CT molecular complexity index is 790. The molecular formula is C17H19N3O4S. The van der Waals surface area contributed by atoms with Crippen LogP contribution in [0.3, 0.4) is 0 Å². The van der Waals surface area contributed by atoms with Crippen LogP contribution < -0.4 is 15.0 Å². The number of amides is 2. The highest BCUT2D eigenvalue weighted by atomic mass is 32.1. The predicted octanol–water partition coefficient (Wildman–Crippen LogP) is 1.75. The maximum Gasteiger partial charge on any atom is 0.270 e. The van der Waals surface area contributed by atoms with E-state index < -0.39 is 0 Å². The predicted molar refractivity (Wildman–Crippen MR) is 94.2 cm³/mol. The number of carbonyl (C=O) groups excluding carboxylic acids is 2. The summed E-state index contributed by atoms with van der Waals surface area (Å²) in [4.78, 5) is 30.3. The lowest BCUT2D eigenvalue weighted by Gasteiger charge is -2.29. The first kappa shape index (κ1) is 17.4. The van der Waals surface area contributed by atoms with Gasteiger partial charge in [0.05, 0.1) is 18.8 Å². The molecule has 1 aromatic heterocycles. The first-order valence-electron chi connectivity index (χ1n) is 7.84. The van der Waals surface area contributed by atoms with E-state index in [1.165, 1.54) is 11.3 Å². The second-order valence-electron chi connectivity index (χ2n) is 5.61. The molecule has 3 rings (SSSR count). The number of benzene rings is 1. The lowest BCUT2D eigenvalue weighted by Crippen LogP contribution is -2.38. The molecule has 1 aromatic carbocycles. The molecular weight excluding hydrogens is 342 g/mol. The minimum Gasteiger partial charge on any atom is -0.482 e. The van der Waals surface area contributed by atoms with Crippen LogP contribution in [0.4, 0.5) is 5.69 Å². The fourth-order valence-corrected chi connectivity index (χ4v) is 3.23. The number of hydrogen-bond donors (Lipinski definition) is 1. The second kappa shape index (κ2) is 7.62. The molecule has 2 amide bonds. The Hall–Kier alpha value is -2.45. The van der Waals surface area contributed by atoms with E-state index in [2.05, 4.69) is 10.3 Å². The molecule has 0 unspecified atom stereocenters. The number of methoxy groups -OCH3 is 1. The summed E-state index contributed by atoms with van der Waals surface area (Å²) in [5.41, 5.74) is 2.12. The third kappa shape index (κ3) is 3.97. The molecule has 0 aliphatic carbocycles. The Labute approximate surface area is 149 Å². The summed E-state index contributed by atoms with van der Waals surface area (Å²) < 4.78 is 10.4. The van der Waals surface area contributed by atoms with Crippen molar-refractivity contribution in [1.82, 2.24) is 10.3 Å². The van der Waals surface area contributed by atoms with Crippen molar-refractivity contribution in [3.05, 3.63) is 39.8 Å². The number of nitrogens with zero attached hydrogens (tertiary/aromatic N) is 2. The van der Waals surface area contributed by atoms with Crippen LogP contribution in [0.5, 0.6) is 5.75 Å². The zero-order valence-electron chi connectivity index (χ0n) is 14.1. The highest BCUT2D eigenvalue weighted by molar-refractivity contribution is 7.09. The summed E-state index contributed by atoms with van der Waals surface area (Å²) >= 11 is 1.35. The number of carbonyl (C=O) groups is 2. The molecule has 0 spiro atoms. The van der Waals surface area contributed by atoms with E-state index >= 15 is 0 Å². The van der Waals surface area contributed by atoms with Crippen molar-refractivity contribution >= 4 is 28.8 Å². The van der Waals surface area contributed by atoms with Crippen LogP contribution in [0.1, 0.15) is 21.1 Å². The maximum atomic E-state index is 12.3. The van der Waals surface area contributed by atoms with E-state index in [9.17, 15) is 9.59 Å². The topological polar surface area (TPSA) is 80.8 Å². The van der Waals surface area contributed by atoms with Crippen LogP contribution in [0.25, 0.3) is 0 Å². The van der Waals surface area contributed by atoms with Crippen LogP contribution in [-0.2, 0) is 16.1 Å². The Balaban J connectivity index is 1.74. The van der Waals surface area contributed by atoms with Crippen molar-refractivity contribution < 1.29 is 19.1 Å². The van der Waals surface area contributed by atoms with Gasteiger partial charge in [0, 0.05) is 19.0 Å². The number of thiazole rings is 1. The van der Waals surface area contributed by atoms with E-state index in [0.29, 0.717) is 36.1 Å². The van der Waals surface area contributed by atoms with Crippen LogP contribution in [0.15, 0.2) is 23.6 Å². The van der Waals surface area contributed by atoms with E-state index in [4.69, 9.17) is 9.47 Å². The normalized spacial score (nSPS) is 13.4. The molecule has 7 nitrogen and oxygen atoms in total. The number of nitrogens with one attached hydrogen (secondary N) is 1. The first-order valence-corrected chi connectivity index (χ1v) is 8.72. The average Bonchev–Trinajstić information content (AvgIpc) is 3.06. The van der Waals surface area contributed by atoms with Crippen molar-refractivity contribution in [1.29, 1.82) is 0 Å². The van der Waals surface area contributed by atoms with Crippen molar-refractivity contribution in [2.45, 2.75) is 13.5 Å². The molecule has 0 atom stereocenters. The number of anilines is 1. The molecule has 8 heteroatoms. The van der Waals surface area contributed by atoms with E-state index in [0.717, 1.165) is 11.3 Å². The van der Waals surface area contributed by atoms with Crippen LogP contribution in [0, 0.1) is 6.92 Å². The minimum absolute atomic E-state index is 0.00575. The van der Waals surface area contributed by atoms with E-state index in [-0.39, 0.29) is 18.4 Å². The lowest BCUT2D eigenvalue weighted by molar-refractivity contribution is -0.121. The molecule has 25 heavy (non-hydrogen) atoms. The zero-order valence-corrected chi connectivity index (χ0v) is 14.9. The van der Waals surface area contributed by atoms with Gasteiger partial charge in [-0.1, -0.05) is 6.07 Å². The lowest BCUT2D eigenvalue weighted by atomic mass is 10.1. The van der Waals surface area contributed by atoms with Crippen molar-refractivity contribution in [2.75, 3.05) is 31.8 Å². The van der Waals surface area contributed by atoms with Crippen molar-refractivity contribution in [3.63, 3.8) is 0 Å². The standard InChI is InChI=1S/C17H19N3O4S/c1-11-3-4-14-13(7-11)20(16(21)9-24-14)8-15-19-12(10-25-15)17(22)18-5-6-23-2/h3-4,7,10H,5-6,8-9H2,1-2H3,(H,18,22). The number of aromatic nitrogens is 1. The third-order valence-electron chi connectivity index (χ3n) is 3.73. The molecule has 0 saturated carbocycles. The average molecular weight is 361 g/mol. The van der Waals surface area contributed by atoms with Gasteiger partial charge in [-0.3, -0.25) is 14.5 Å². The summed E-state index contributed by atoms with van der Waals surface area (Å²) in [6, 6.07) is 5.72. The monoisotopic (exact) mass is 361 g/mol. The summed E-state index contributed by atoms with van der Waals surface area (Å²) in [5.74, 6) is 0.308. The molecule has 1 N–H and O–H groups in total. The second-order valence-corrected chi connectivity index (χ2v) is 6.56. The number of ether oxygens (including phenoxy) is 2. The molecule has 0 saturated heterocycles. The van der Waals surface area contributed by atoms with Gasteiger partial charge in [-0.25, -0.2) is 4.98 Å². The summed E-state index contributed by atoms with van der Waals surface area (Å²) in [7, 11) is 1.58. The number of hydrogen-bond acceptors (Lipinski definition) is 6. The molecule has 0 radical (unpaired) electrons. The Morgan fingerprint density at radius 3 is 3.12 bits per heavy atom. The first-order chi connectivity index (χ1) is 12.1. The zero-order chi connectivity index (χ0) is 17.8. The molecule has 132 valence electrons. The minimum atomic E-state index is -0.246. The number of fused-ring (bicyclic) bond motifs is 1. The fourth-order valence-electron chi connectivity index (χ4n) is 2.47. The van der Waals surface area contributed by atoms with Gasteiger partial charge < -0.3 is 14.8 Å². The highest BCUT2D eigenvalue weighted by Crippen LogP contribution is 2.34. The van der Waals surface area contributed by atoms with Gasteiger partial charge in [0.15, 0.2) is 6.61 Å². The van der Waals surface area contributed by atoms with Crippen molar-refractivity contribution in [3.8, 4) is 5.75 Å². The summed E-state index contributed by atoms with van der Waals surface area (Å²) in [6.45, 7) is 3.15. The molecule has 1 aliphatic rings. The third-order valence-corrected chi connectivity index (χ3v) is 4.56. The van der Waals surface area contributed by atoms with Gasteiger partial charge in [-0.05, 0) is 24.6 Å². The van der Waals surface area contributed by atoms with Crippen LogP contribution >= 0.6 is 11.3 Å². The molecule has 2 aromatic rings. The smallest absolute Gasteiger partial charge is 0.270 e. The van der Waals surface area contributed by atoms with Crippen molar-refractivity contribution in [2.24, 2.45) is 0 Å². The number of rotatable bonds is 6. The molecule has 1 aliphatic heterocycles. The summed E-state index contributed by atoms with van der Waals surface area (Å²) in [6.07, 6.45) is 0. The molecule has 0 bridgehead atoms. The Morgan fingerprint density at radius 2 is 2.32 bits per heavy atom. The Kier molecular flexibility index (Phi) is 5.30. The molecule has 2 heterocycles. The number of aryl methyl sites for hydroxylation is 1. The maximum absolute atomic E-state index is 12.3. The SMILES string of the molecule is COCCNC(=O)c1csc(CN2C(=O)COc3ccc(C)cc32)n1.